The number of benzene rings is 1. The first-order valence-corrected chi connectivity index (χ1v) is 6.14. The summed E-state index contributed by atoms with van der Waals surface area (Å²) in [5.74, 6) is 0.149. The monoisotopic (exact) mass is 268 g/mol. The molecule has 0 aliphatic heterocycles. The van der Waals surface area contributed by atoms with Crippen LogP contribution in [0.3, 0.4) is 0 Å². The van der Waals surface area contributed by atoms with E-state index in [0.29, 0.717) is 15.9 Å². The summed E-state index contributed by atoms with van der Waals surface area (Å²) in [6.07, 6.45) is 1.40. The van der Waals surface area contributed by atoms with Crippen LogP contribution in [0.1, 0.15) is 0 Å². The molecule has 0 radical (unpaired) electrons. The maximum atomic E-state index is 11.6. The Morgan fingerprint density at radius 2 is 2.41 bits per heavy atom. The number of aromatic nitrogens is 3. The van der Waals surface area contributed by atoms with Crippen molar-refractivity contribution in [3.05, 3.63) is 35.6 Å². The Balaban J connectivity index is 1.85. The quantitative estimate of drug-likeness (QED) is 0.834. The minimum atomic E-state index is -0.117. The lowest BCUT2D eigenvalue weighted by atomic mass is 10.3. The van der Waals surface area contributed by atoms with E-state index in [0.717, 1.165) is 0 Å². The van der Waals surface area contributed by atoms with Crippen molar-refractivity contribution in [2.75, 3.05) is 11.1 Å². The predicted molar refractivity (Wildman–Crippen MR) is 67.2 cm³/mol. The molecule has 0 bridgehead atoms. The molecule has 0 saturated heterocycles. The van der Waals surface area contributed by atoms with E-state index in [9.17, 15) is 4.79 Å². The van der Waals surface area contributed by atoms with Crippen LogP contribution in [0.4, 0.5) is 5.69 Å². The molecule has 1 heterocycles. The van der Waals surface area contributed by atoms with Crippen molar-refractivity contribution in [2.24, 2.45) is 0 Å². The number of H-pyrrole nitrogens is 1. The highest BCUT2D eigenvalue weighted by Crippen LogP contribution is 2.16. The van der Waals surface area contributed by atoms with Crippen LogP contribution in [0.25, 0.3) is 0 Å². The first-order valence-electron chi connectivity index (χ1n) is 4.77. The third kappa shape index (κ3) is 3.76. The number of rotatable bonds is 4. The number of hydrogen-bond acceptors (Lipinski definition) is 4. The van der Waals surface area contributed by atoms with Gasteiger partial charge in [0.1, 0.15) is 6.33 Å². The number of nitrogens with zero attached hydrogens (tertiary/aromatic N) is 2. The minimum Gasteiger partial charge on any atom is -0.325 e. The lowest BCUT2D eigenvalue weighted by molar-refractivity contribution is -0.113. The number of carbonyl (C=O) groups is 1. The van der Waals surface area contributed by atoms with Crippen molar-refractivity contribution in [3.8, 4) is 0 Å². The fourth-order valence-corrected chi connectivity index (χ4v) is 1.93. The van der Waals surface area contributed by atoms with Gasteiger partial charge in [-0.05, 0) is 18.2 Å². The van der Waals surface area contributed by atoms with Gasteiger partial charge in [-0.25, -0.2) is 4.98 Å². The lowest BCUT2D eigenvalue weighted by Crippen LogP contribution is -2.14. The third-order valence-electron chi connectivity index (χ3n) is 1.84. The Morgan fingerprint density at radius 3 is 3.12 bits per heavy atom. The molecule has 5 nitrogen and oxygen atoms in total. The molecule has 0 atom stereocenters. The van der Waals surface area contributed by atoms with E-state index in [-0.39, 0.29) is 11.7 Å². The van der Waals surface area contributed by atoms with Crippen molar-refractivity contribution in [2.45, 2.75) is 5.16 Å². The molecule has 0 aliphatic rings. The summed E-state index contributed by atoms with van der Waals surface area (Å²) in [5, 5.41) is 10.3. The molecular weight excluding hydrogens is 260 g/mol. The number of halogens is 1. The summed E-state index contributed by atoms with van der Waals surface area (Å²) in [5.41, 5.74) is 0.681. The first-order chi connectivity index (χ1) is 8.24. The van der Waals surface area contributed by atoms with Crippen LogP contribution in [0.5, 0.6) is 0 Å². The van der Waals surface area contributed by atoms with Gasteiger partial charge in [0.05, 0.1) is 5.75 Å². The van der Waals surface area contributed by atoms with Crippen LogP contribution in [0.2, 0.25) is 5.02 Å². The molecule has 1 aromatic carbocycles. The van der Waals surface area contributed by atoms with E-state index < -0.39 is 0 Å². The van der Waals surface area contributed by atoms with Crippen molar-refractivity contribution < 1.29 is 4.79 Å². The van der Waals surface area contributed by atoms with Gasteiger partial charge in [0.25, 0.3) is 0 Å². The maximum Gasteiger partial charge on any atom is 0.234 e. The number of nitrogens with one attached hydrogen (secondary N) is 2. The molecule has 0 aliphatic carbocycles. The van der Waals surface area contributed by atoms with Crippen molar-refractivity contribution in [1.82, 2.24) is 15.2 Å². The van der Waals surface area contributed by atoms with E-state index >= 15 is 0 Å². The summed E-state index contributed by atoms with van der Waals surface area (Å²) in [6, 6.07) is 7.00. The fourth-order valence-electron chi connectivity index (χ4n) is 1.16. The Bertz CT molecular complexity index is 503. The van der Waals surface area contributed by atoms with Crippen LogP contribution in [0.15, 0.2) is 35.7 Å². The van der Waals surface area contributed by atoms with Gasteiger partial charge >= 0.3 is 0 Å². The second kappa shape index (κ2) is 5.70. The van der Waals surface area contributed by atoms with E-state index in [2.05, 4.69) is 20.5 Å². The summed E-state index contributed by atoms with van der Waals surface area (Å²) in [4.78, 5) is 15.5. The molecule has 88 valence electrons. The molecule has 17 heavy (non-hydrogen) atoms. The largest absolute Gasteiger partial charge is 0.325 e. The summed E-state index contributed by atoms with van der Waals surface area (Å²) in [7, 11) is 0. The van der Waals surface area contributed by atoms with Gasteiger partial charge in [-0.3, -0.25) is 9.89 Å². The zero-order chi connectivity index (χ0) is 12.1. The van der Waals surface area contributed by atoms with E-state index in [4.69, 9.17) is 11.6 Å². The van der Waals surface area contributed by atoms with Gasteiger partial charge in [-0.2, -0.15) is 5.10 Å². The highest BCUT2D eigenvalue weighted by atomic mass is 35.5. The number of carbonyl (C=O) groups excluding carboxylic acids is 1. The van der Waals surface area contributed by atoms with Crippen LogP contribution >= 0.6 is 23.4 Å². The summed E-state index contributed by atoms with van der Waals surface area (Å²) < 4.78 is 0. The number of thioether (sulfide) groups is 1. The second-order valence-corrected chi connectivity index (χ2v) is 4.54. The Hall–Kier alpha value is -1.53. The number of aromatic amines is 1. The zero-order valence-corrected chi connectivity index (χ0v) is 10.3. The average molecular weight is 269 g/mol. The van der Waals surface area contributed by atoms with E-state index in [1.54, 1.807) is 24.3 Å². The highest BCUT2D eigenvalue weighted by molar-refractivity contribution is 7.99. The lowest BCUT2D eigenvalue weighted by Gasteiger charge is -2.04. The Labute approximate surface area is 107 Å². The third-order valence-corrected chi connectivity index (χ3v) is 2.95. The molecular formula is C10H9ClN4OS. The number of amides is 1. The molecule has 0 saturated carbocycles. The van der Waals surface area contributed by atoms with Gasteiger partial charge in [0.2, 0.25) is 5.91 Å². The topological polar surface area (TPSA) is 70.7 Å². The molecule has 2 N–H and O–H groups in total. The minimum absolute atomic E-state index is 0.117. The molecule has 2 aromatic rings. The van der Waals surface area contributed by atoms with Crippen molar-refractivity contribution >= 4 is 35.0 Å². The van der Waals surface area contributed by atoms with Crippen molar-refractivity contribution in [3.63, 3.8) is 0 Å². The smallest absolute Gasteiger partial charge is 0.234 e. The average Bonchev–Trinajstić information content (AvgIpc) is 2.79. The van der Waals surface area contributed by atoms with Gasteiger partial charge < -0.3 is 5.32 Å². The number of hydrogen-bond donors (Lipinski definition) is 2. The molecule has 2 rings (SSSR count). The van der Waals surface area contributed by atoms with E-state index in [1.807, 2.05) is 0 Å². The second-order valence-electron chi connectivity index (χ2n) is 3.14. The predicted octanol–water partition coefficient (Wildman–Crippen LogP) is 2.19. The van der Waals surface area contributed by atoms with Crippen LogP contribution in [-0.4, -0.2) is 26.8 Å². The summed E-state index contributed by atoms with van der Waals surface area (Å²) in [6.45, 7) is 0. The van der Waals surface area contributed by atoms with Gasteiger partial charge in [0, 0.05) is 10.7 Å². The summed E-state index contributed by atoms with van der Waals surface area (Å²) >= 11 is 7.09. The van der Waals surface area contributed by atoms with Gasteiger partial charge in [-0.1, -0.05) is 29.4 Å². The van der Waals surface area contributed by atoms with Crippen LogP contribution in [0, 0.1) is 0 Å². The maximum absolute atomic E-state index is 11.6. The SMILES string of the molecule is O=C(CSc1ncn[nH]1)Nc1cccc(Cl)c1. The molecule has 1 aromatic heterocycles. The van der Waals surface area contributed by atoms with Crippen LogP contribution < -0.4 is 5.32 Å². The van der Waals surface area contributed by atoms with Gasteiger partial charge in [0.15, 0.2) is 5.16 Å². The number of anilines is 1. The highest BCUT2D eigenvalue weighted by Gasteiger charge is 2.05. The molecule has 0 fully saturated rings. The molecule has 0 spiro atoms. The Kier molecular flexibility index (Phi) is 4.00. The van der Waals surface area contributed by atoms with Crippen LogP contribution in [-0.2, 0) is 4.79 Å². The first kappa shape index (κ1) is 11.9. The normalized spacial score (nSPS) is 10.2. The van der Waals surface area contributed by atoms with E-state index in [1.165, 1.54) is 18.1 Å². The Morgan fingerprint density at radius 1 is 1.53 bits per heavy atom. The fraction of sp³-hybridized carbons (Fsp3) is 0.100. The molecule has 1 amide bonds. The molecule has 7 heteroatoms. The standard InChI is InChI=1S/C10H9ClN4OS/c11-7-2-1-3-8(4-7)14-9(16)5-17-10-12-6-13-15-10/h1-4,6H,5H2,(H,14,16)(H,12,13,15). The zero-order valence-electron chi connectivity index (χ0n) is 8.68. The molecule has 0 unspecified atom stereocenters. The van der Waals surface area contributed by atoms with Crippen molar-refractivity contribution in [1.29, 1.82) is 0 Å². The van der Waals surface area contributed by atoms with Gasteiger partial charge in [-0.15, -0.1) is 0 Å².